The van der Waals surface area contributed by atoms with E-state index in [2.05, 4.69) is 0 Å². The molecule has 0 unspecified atom stereocenters. The van der Waals surface area contributed by atoms with Crippen molar-refractivity contribution >= 4 is 29.8 Å². The molecule has 8 nitrogen and oxygen atoms in total. The first-order chi connectivity index (χ1) is 16.5. The first-order valence-electron chi connectivity index (χ1n) is 12.7. The minimum atomic E-state index is -2.37. The number of fused-ring (bicyclic) bond motifs is 5. The van der Waals surface area contributed by atoms with Crippen LogP contribution in [0.1, 0.15) is 74.1 Å². The minimum Gasteiger partial charge on any atom is -0.468 e. The van der Waals surface area contributed by atoms with Crippen LogP contribution in [0.5, 0.6) is 0 Å². The molecule has 0 aromatic carbocycles. The molecule has 0 aromatic heterocycles. The lowest BCUT2D eigenvalue weighted by atomic mass is 9.34. The average molecular weight is 503 g/mol. The second-order valence-corrected chi connectivity index (χ2v) is 12.6. The van der Waals surface area contributed by atoms with Crippen LogP contribution in [0.15, 0.2) is 11.6 Å². The van der Waals surface area contributed by atoms with Crippen LogP contribution in [0.25, 0.3) is 0 Å². The number of hydrogen-bond acceptors (Lipinski definition) is 8. The monoisotopic (exact) mass is 502 g/mol. The number of ether oxygens (including phenoxy) is 2. The lowest BCUT2D eigenvalue weighted by Gasteiger charge is -2.67. The Hall–Kier alpha value is -2.35. The Morgan fingerprint density at radius 2 is 1.67 bits per heavy atom. The third-order valence-corrected chi connectivity index (χ3v) is 10.9. The van der Waals surface area contributed by atoms with E-state index in [4.69, 9.17) is 9.47 Å². The lowest BCUT2D eigenvalue weighted by molar-refractivity contribution is -0.217. The van der Waals surface area contributed by atoms with Gasteiger partial charge in [-0.1, -0.05) is 32.4 Å². The third kappa shape index (κ3) is 2.61. The van der Waals surface area contributed by atoms with Crippen molar-refractivity contribution in [2.75, 3.05) is 7.11 Å². The molecule has 1 N–H and O–H groups in total. The minimum absolute atomic E-state index is 0.200. The molecule has 8 heteroatoms. The largest absolute Gasteiger partial charge is 0.468 e. The van der Waals surface area contributed by atoms with Gasteiger partial charge in [0.1, 0.15) is 12.4 Å². The van der Waals surface area contributed by atoms with Crippen molar-refractivity contribution in [3.05, 3.63) is 11.6 Å². The smallest absolute Gasteiger partial charge is 0.321 e. The maximum atomic E-state index is 14.1. The van der Waals surface area contributed by atoms with Gasteiger partial charge in [0.25, 0.3) is 0 Å². The molecule has 0 spiro atoms. The van der Waals surface area contributed by atoms with Crippen LogP contribution in [0.4, 0.5) is 0 Å². The van der Waals surface area contributed by atoms with Crippen LogP contribution < -0.4 is 0 Å². The first kappa shape index (κ1) is 26.7. The zero-order valence-electron chi connectivity index (χ0n) is 22.5. The van der Waals surface area contributed by atoms with E-state index < -0.39 is 56.1 Å². The number of methoxy groups -OCH3 is 1. The van der Waals surface area contributed by atoms with E-state index in [1.807, 2.05) is 19.9 Å². The van der Waals surface area contributed by atoms with Crippen molar-refractivity contribution in [1.82, 2.24) is 0 Å². The van der Waals surface area contributed by atoms with Crippen LogP contribution in [0.2, 0.25) is 0 Å². The van der Waals surface area contributed by atoms with Gasteiger partial charge in [-0.2, -0.15) is 0 Å². The summed E-state index contributed by atoms with van der Waals surface area (Å²) in [4.78, 5) is 66.6. The predicted octanol–water partition coefficient (Wildman–Crippen LogP) is 2.98. The third-order valence-electron chi connectivity index (χ3n) is 10.9. The summed E-state index contributed by atoms with van der Waals surface area (Å²) in [7, 11) is 1.18. The van der Waals surface area contributed by atoms with Gasteiger partial charge in [-0.15, -0.1) is 0 Å². The van der Waals surface area contributed by atoms with Crippen molar-refractivity contribution in [2.45, 2.75) is 85.9 Å². The molecule has 0 aromatic rings. The van der Waals surface area contributed by atoms with Gasteiger partial charge in [0.15, 0.2) is 22.6 Å². The molecule has 4 aliphatic rings. The summed E-state index contributed by atoms with van der Waals surface area (Å²) in [6, 6.07) is 0. The zero-order chi connectivity index (χ0) is 27.3. The average Bonchev–Trinajstić information content (AvgIpc) is 2.93. The van der Waals surface area contributed by atoms with Gasteiger partial charge in [-0.05, 0) is 63.7 Å². The number of esters is 2. The maximum Gasteiger partial charge on any atom is 0.321 e. The fraction of sp³-hybridized carbons (Fsp3) is 0.750. The van der Waals surface area contributed by atoms with E-state index in [-0.39, 0.29) is 18.0 Å². The van der Waals surface area contributed by atoms with E-state index in [0.717, 1.165) is 13.2 Å². The van der Waals surface area contributed by atoms with Gasteiger partial charge in [0, 0.05) is 17.8 Å². The molecule has 198 valence electrons. The summed E-state index contributed by atoms with van der Waals surface area (Å²) in [5.74, 6) is -3.58. The second kappa shape index (κ2) is 7.59. The molecular weight excluding hydrogens is 464 g/mol. The number of aliphatic hydroxyl groups is 1. The van der Waals surface area contributed by atoms with E-state index in [1.54, 1.807) is 20.8 Å². The van der Waals surface area contributed by atoms with Crippen LogP contribution in [-0.2, 0) is 33.4 Å². The Balaban J connectivity index is 2.01. The van der Waals surface area contributed by atoms with Crippen molar-refractivity contribution in [3.8, 4) is 0 Å². The molecule has 3 saturated carbocycles. The number of aldehydes is 1. The molecule has 4 rings (SSSR count). The van der Waals surface area contributed by atoms with Crippen LogP contribution in [0, 0.1) is 38.9 Å². The van der Waals surface area contributed by atoms with E-state index in [1.165, 1.54) is 14.0 Å². The Labute approximate surface area is 212 Å². The highest BCUT2D eigenvalue weighted by molar-refractivity contribution is 6.30. The number of rotatable bonds is 3. The lowest BCUT2D eigenvalue weighted by Crippen LogP contribution is -2.70. The van der Waals surface area contributed by atoms with Crippen LogP contribution in [-0.4, -0.2) is 53.7 Å². The highest BCUT2D eigenvalue weighted by atomic mass is 16.5. The van der Waals surface area contributed by atoms with Gasteiger partial charge >= 0.3 is 11.9 Å². The fourth-order valence-corrected chi connectivity index (χ4v) is 9.19. The Bertz CT molecular complexity index is 1100. The van der Waals surface area contributed by atoms with Crippen LogP contribution >= 0.6 is 0 Å². The molecule has 0 heterocycles. The quantitative estimate of drug-likeness (QED) is 0.270. The normalized spacial score (nSPS) is 47.1. The van der Waals surface area contributed by atoms with E-state index in [9.17, 15) is 29.1 Å². The van der Waals surface area contributed by atoms with E-state index in [0.29, 0.717) is 31.3 Å². The molecule has 0 aliphatic heterocycles. The van der Waals surface area contributed by atoms with Crippen molar-refractivity contribution < 1.29 is 38.6 Å². The molecule has 8 atom stereocenters. The summed E-state index contributed by atoms with van der Waals surface area (Å²) in [5, 5.41) is 11.2. The zero-order valence-corrected chi connectivity index (χ0v) is 22.5. The molecule has 0 bridgehead atoms. The Morgan fingerprint density at radius 1 is 1.06 bits per heavy atom. The van der Waals surface area contributed by atoms with Gasteiger partial charge in [0.05, 0.1) is 12.5 Å². The summed E-state index contributed by atoms with van der Waals surface area (Å²) in [6.07, 6.45) is 4.16. The number of Topliss-reactive ketones (excluding diaryl/α,β-unsaturated/α-hetero) is 2. The second-order valence-electron chi connectivity index (χ2n) is 12.6. The Morgan fingerprint density at radius 3 is 2.19 bits per heavy atom. The highest BCUT2D eigenvalue weighted by Crippen LogP contribution is 2.76. The fourth-order valence-electron chi connectivity index (χ4n) is 9.19. The van der Waals surface area contributed by atoms with Crippen molar-refractivity contribution in [3.63, 3.8) is 0 Å². The standard InChI is InChI=1S/C28H38O8/c1-15-13-18-24(5,28(22(33)35-8)21(32)26(7,34)20(31)25(15,28)6)11-9-17-23(3,4)19(36-16(2)30)10-12-27(17,18)14-29/h13-14,17-19,34H,9-12H2,1-8H3/t17-,18-,19-,24+,25-,26+,27+,28-/m0/s1. The summed E-state index contributed by atoms with van der Waals surface area (Å²) < 4.78 is 10.9. The number of hydrogen-bond donors (Lipinski definition) is 1. The summed E-state index contributed by atoms with van der Waals surface area (Å²) in [6.45, 7) is 11.6. The molecular formula is C28H38O8. The molecule has 36 heavy (non-hydrogen) atoms. The molecule has 0 radical (unpaired) electrons. The number of carbonyl (C=O) groups excluding carboxylic acids is 5. The number of ketones is 2. The van der Waals surface area contributed by atoms with Gasteiger partial charge in [0.2, 0.25) is 0 Å². The van der Waals surface area contributed by atoms with Gasteiger partial charge in [-0.25, -0.2) is 0 Å². The van der Waals surface area contributed by atoms with Crippen LogP contribution in [0.3, 0.4) is 0 Å². The number of allylic oxidation sites excluding steroid dienone is 2. The predicted molar refractivity (Wildman–Crippen MR) is 128 cm³/mol. The van der Waals surface area contributed by atoms with Crippen molar-refractivity contribution in [1.29, 1.82) is 0 Å². The SMILES string of the molecule is COC(=O)[C@]12C(=O)[C@](C)(O)C(=O)[C@]1(C)C(C)=C[C@@H]1[C@@]3(C=O)CC[C@H](OC(C)=O)C(C)(C)[C@@H]3CC[C@]12C. The van der Waals surface area contributed by atoms with Crippen molar-refractivity contribution in [2.24, 2.45) is 38.9 Å². The number of carbonyl (C=O) groups is 5. The Kier molecular flexibility index (Phi) is 5.63. The topological polar surface area (TPSA) is 124 Å². The highest BCUT2D eigenvalue weighted by Gasteiger charge is 2.85. The first-order valence-corrected chi connectivity index (χ1v) is 12.7. The van der Waals surface area contributed by atoms with E-state index >= 15 is 0 Å². The van der Waals surface area contributed by atoms with Gasteiger partial charge < -0.3 is 19.4 Å². The molecule has 3 fully saturated rings. The van der Waals surface area contributed by atoms with Gasteiger partial charge in [-0.3, -0.25) is 19.2 Å². The maximum absolute atomic E-state index is 14.1. The molecule has 0 saturated heterocycles. The summed E-state index contributed by atoms with van der Waals surface area (Å²) in [5.41, 5.74) is -8.18. The molecule has 4 aliphatic carbocycles. The molecule has 0 amide bonds. The summed E-state index contributed by atoms with van der Waals surface area (Å²) >= 11 is 0.